The Morgan fingerprint density at radius 1 is 1.10 bits per heavy atom. The monoisotopic (exact) mass is 272 g/mol. The summed E-state index contributed by atoms with van der Waals surface area (Å²) in [7, 11) is 0. The van der Waals surface area contributed by atoms with Gasteiger partial charge in [-0.05, 0) is 48.9 Å². The predicted molar refractivity (Wildman–Crippen MR) is 76.8 cm³/mol. The Morgan fingerprint density at radius 2 is 1.60 bits per heavy atom. The number of rotatable bonds is 4. The van der Waals surface area contributed by atoms with E-state index in [4.69, 9.17) is 10.5 Å². The molecule has 0 bridgehead atoms. The Morgan fingerprint density at radius 3 is 2.05 bits per heavy atom. The molecule has 5 nitrogen and oxygen atoms in total. The van der Waals surface area contributed by atoms with Crippen molar-refractivity contribution in [1.29, 1.82) is 0 Å². The lowest BCUT2D eigenvalue weighted by atomic mass is 10.1. The van der Waals surface area contributed by atoms with E-state index in [-0.39, 0.29) is 0 Å². The van der Waals surface area contributed by atoms with Gasteiger partial charge < -0.3 is 20.9 Å². The second kappa shape index (κ2) is 6.08. The van der Waals surface area contributed by atoms with Gasteiger partial charge in [0.25, 0.3) is 0 Å². The summed E-state index contributed by atoms with van der Waals surface area (Å²) in [6.07, 6.45) is -0.497. The zero-order chi connectivity index (χ0) is 14.5. The van der Waals surface area contributed by atoms with Crippen LogP contribution in [0.1, 0.15) is 18.6 Å². The smallest absolute Gasteiger partial charge is 0.316 e. The maximum atomic E-state index is 10.7. The van der Waals surface area contributed by atoms with Crippen LogP contribution >= 0.6 is 0 Å². The Balaban J connectivity index is 2.04. The lowest BCUT2D eigenvalue weighted by Crippen LogP contribution is -2.19. The standard InChI is InChI=1S/C15H16N2O3/c1-10(18)11-2-6-13(7-3-11)20-14-8-4-12(5-9-14)17-15(16)19/h2-10,18H,1H3,(H3,16,17,19). The van der Waals surface area contributed by atoms with Crippen molar-refractivity contribution in [3.05, 3.63) is 54.1 Å². The molecule has 2 aromatic carbocycles. The molecule has 0 spiro atoms. The molecule has 1 atom stereocenters. The van der Waals surface area contributed by atoms with E-state index in [0.29, 0.717) is 17.2 Å². The van der Waals surface area contributed by atoms with Crippen LogP contribution in [0.15, 0.2) is 48.5 Å². The van der Waals surface area contributed by atoms with Crippen molar-refractivity contribution in [3.63, 3.8) is 0 Å². The summed E-state index contributed by atoms with van der Waals surface area (Å²) in [6, 6.07) is 13.4. The summed E-state index contributed by atoms with van der Waals surface area (Å²) in [6.45, 7) is 1.71. The maximum absolute atomic E-state index is 10.7. The number of anilines is 1. The van der Waals surface area contributed by atoms with Crippen LogP contribution in [0, 0.1) is 0 Å². The Bertz CT molecular complexity index is 577. The number of aliphatic hydroxyl groups is 1. The molecule has 0 heterocycles. The van der Waals surface area contributed by atoms with E-state index in [1.165, 1.54) is 0 Å². The molecule has 2 rings (SSSR count). The molecular weight excluding hydrogens is 256 g/mol. The van der Waals surface area contributed by atoms with Gasteiger partial charge in [0.05, 0.1) is 6.10 Å². The number of ether oxygens (including phenoxy) is 1. The van der Waals surface area contributed by atoms with Crippen molar-refractivity contribution < 1.29 is 14.6 Å². The van der Waals surface area contributed by atoms with Gasteiger partial charge in [-0.15, -0.1) is 0 Å². The van der Waals surface area contributed by atoms with Crippen molar-refractivity contribution in [1.82, 2.24) is 0 Å². The number of nitrogens with one attached hydrogen (secondary N) is 1. The van der Waals surface area contributed by atoms with E-state index in [2.05, 4.69) is 5.32 Å². The van der Waals surface area contributed by atoms with Gasteiger partial charge in [0.1, 0.15) is 11.5 Å². The van der Waals surface area contributed by atoms with Gasteiger partial charge in [-0.2, -0.15) is 0 Å². The van der Waals surface area contributed by atoms with Crippen LogP contribution in [0.3, 0.4) is 0 Å². The highest BCUT2D eigenvalue weighted by molar-refractivity contribution is 5.87. The molecule has 20 heavy (non-hydrogen) atoms. The zero-order valence-corrected chi connectivity index (χ0v) is 11.0. The maximum Gasteiger partial charge on any atom is 0.316 e. The number of carbonyl (C=O) groups is 1. The van der Waals surface area contributed by atoms with Crippen molar-refractivity contribution in [2.45, 2.75) is 13.0 Å². The molecule has 0 aromatic heterocycles. The molecule has 0 aliphatic rings. The van der Waals surface area contributed by atoms with Crippen LogP contribution in [0.4, 0.5) is 10.5 Å². The van der Waals surface area contributed by atoms with Gasteiger partial charge in [0, 0.05) is 5.69 Å². The fourth-order valence-electron chi connectivity index (χ4n) is 1.70. The van der Waals surface area contributed by atoms with E-state index in [1.54, 1.807) is 43.3 Å². The minimum Gasteiger partial charge on any atom is -0.457 e. The highest BCUT2D eigenvalue weighted by atomic mass is 16.5. The molecule has 104 valence electrons. The minimum atomic E-state index is -0.604. The van der Waals surface area contributed by atoms with Gasteiger partial charge in [-0.25, -0.2) is 4.79 Å². The van der Waals surface area contributed by atoms with Gasteiger partial charge >= 0.3 is 6.03 Å². The first kappa shape index (κ1) is 13.9. The first-order valence-corrected chi connectivity index (χ1v) is 6.17. The predicted octanol–water partition coefficient (Wildman–Crippen LogP) is 3.02. The number of aliphatic hydroxyl groups excluding tert-OH is 1. The Kier molecular flexibility index (Phi) is 4.22. The number of nitrogens with two attached hydrogens (primary N) is 1. The molecule has 1 unspecified atom stereocenters. The third kappa shape index (κ3) is 3.73. The summed E-state index contributed by atoms with van der Waals surface area (Å²) in [5.41, 5.74) is 6.46. The lowest BCUT2D eigenvalue weighted by molar-refractivity contribution is 0.199. The number of hydrogen-bond donors (Lipinski definition) is 3. The molecule has 2 amide bonds. The van der Waals surface area contributed by atoms with Gasteiger partial charge in [-0.1, -0.05) is 12.1 Å². The summed E-state index contributed by atoms with van der Waals surface area (Å²) in [5, 5.41) is 11.9. The van der Waals surface area contributed by atoms with Crippen LogP contribution in [0.25, 0.3) is 0 Å². The number of urea groups is 1. The number of carbonyl (C=O) groups excluding carboxylic acids is 1. The molecular formula is C15H16N2O3. The van der Waals surface area contributed by atoms with E-state index in [1.807, 2.05) is 12.1 Å². The van der Waals surface area contributed by atoms with Crippen LogP contribution < -0.4 is 15.8 Å². The summed E-state index contributed by atoms with van der Waals surface area (Å²) in [5.74, 6) is 1.31. The third-order valence-corrected chi connectivity index (χ3v) is 2.72. The molecule has 0 radical (unpaired) electrons. The van der Waals surface area contributed by atoms with E-state index in [9.17, 15) is 9.90 Å². The number of benzene rings is 2. The molecule has 0 saturated heterocycles. The van der Waals surface area contributed by atoms with E-state index >= 15 is 0 Å². The zero-order valence-electron chi connectivity index (χ0n) is 11.0. The normalized spacial score (nSPS) is 11.7. The minimum absolute atomic E-state index is 0.497. The SMILES string of the molecule is CC(O)c1ccc(Oc2ccc(NC(N)=O)cc2)cc1. The second-order valence-electron chi connectivity index (χ2n) is 4.36. The first-order valence-electron chi connectivity index (χ1n) is 6.17. The van der Waals surface area contributed by atoms with Crippen LogP contribution in [0.5, 0.6) is 11.5 Å². The number of hydrogen-bond acceptors (Lipinski definition) is 3. The van der Waals surface area contributed by atoms with Crippen molar-refractivity contribution in [2.75, 3.05) is 5.32 Å². The molecule has 0 aliphatic heterocycles. The molecule has 4 N–H and O–H groups in total. The van der Waals surface area contributed by atoms with Crippen LogP contribution in [0.2, 0.25) is 0 Å². The molecule has 0 aliphatic carbocycles. The highest BCUT2D eigenvalue weighted by Gasteiger charge is 2.02. The van der Waals surface area contributed by atoms with Crippen molar-refractivity contribution in [3.8, 4) is 11.5 Å². The Labute approximate surface area is 117 Å². The molecule has 5 heteroatoms. The molecule has 0 fully saturated rings. The van der Waals surface area contributed by atoms with Gasteiger partial charge in [0.2, 0.25) is 0 Å². The fourth-order valence-corrected chi connectivity index (χ4v) is 1.70. The van der Waals surface area contributed by atoms with Gasteiger partial charge in [0.15, 0.2) is 0 Å². The van der Waals surface area contributed by atoms with Gasteiger partial charge in [-0.3, -0.25) is 0 Å². The average Bonchev–Trinajstić information content (AvgIpc) is 2.41. The first-order chi connectivity index (χ1) is 9.54. The highest BCUT2D eigenvalue weighted by Crippen LogP contribution is 2.24. The second-order valence-corrected chi connectivity index (χ2v) is 4.36. The van der Waals surface area contributed by atoms with Crippen LogP contribution in [-0.4, -0.2) is 11.1 Å². The fraction of sp³-hybridized carbons (Fsp3) is 0.133. The summed E-state index contributed by atoms with van der Waals surface area (Å²) >= 11 is 0. The topological polar surface area (TPSA) is 84.6 Å². The quantitative estimate of drug-likeness (QED) is 0.799. The van der Waals surface area contributed by atoms with E-state index in [0.717, 1.165) is 5.56 Å². The summed E-state index contributed by atoms with van der Waals surface area (Å²) in [4.78, 5) is 10.7. The largest absolute Gasteiger partial charge is 0.457 e. The lowest BCUT2D eigenvalue weighted by Gasteiger charge is -2.09. The van der Waals surface area contributed by atoms with Crippen molar-refractivity contribution >= 4 is 11.7 Å². The van der Waals surface area contributed by atoms with Crippen molar-refractivity contribution in [2.24, 2.45) is 5.73 Å². The van der Waals surface area contributed by atoms with Crippen LogP contribution in [-0.2, 0) is 0 Å². The Hall–Kier alpha value is -2.53. The molecule has 2 aromatic rings. The van der Waals surface area contributed by atoms with E-state index < -0.39 is 12.1 Å². The number of primary amides is 1. The summed E-state index contributed by atoms with van der Waals surface area (Å²) < 4.78 is 5.65. The average molecular weight is 272 g/mol. The molecule has 0 saturated carbocycles. The number of amides is 2. The third-order valence-electron chi connectivity index (χ3n) is 2.72.